The Kier molecular flexibility index (Phi) is 41.5. The van der Waals surface area contributed by atoms with Crippen LogP contribution < -0.4 is 0 Å². The van der Waals surface area contributed by atoms with Gasteiger partial charge in [-0.3, -0.25) is 9.59 Å². The Morgan fingerprint density at radius 1 is 0.392 bits per heavy atom. The molecule has 0 amide bonds. The first-order chi connectivity index (χ1) is 25.1. The highest BCUT2D eigenvalue weighted by atomic mass is 16.6. The summed E-state index contributed by atoms with van der Waals surface area (Å²) in [4.78, 5) is 25.2. The van der Waals surface area contributed by atoms with Crippen molar-refractivity contribution in [3.63, 3.8) is 0 Å². The Labute approximate surface area is 319 Å². The molecule has 0 saturated heterocycles. The smallest absolute Gasteiger partial charge is 0.306 e. The van der Waals surface area contributed by atoms with Crippen LogP contribution in [0.2, 0.25) is 0 Å². The average molecular weight is 717 g/mol. The van der Waals surface area contributed by atoms with E-state index in [-0.39, 0.29) is 24.6 Å². The number of allylic oxidation sites excluding steroid dienone is 4. The molecule has 4 nitrogen and oxygen atoms in total. The van der Waals surface area contributed by atoms with Gasteiger partial charge in [-0.15, -0.1) is 0 Å². The summed E-state index contributed by atoms with van der Waals surface area (Å²) in [5.41, 5.74) is 0. The van der Waals surface area contributed by atoms with Crippen molar-refractivity contribution in [3.05, 3.63) is 24.3 Å². The fourth-order valence-corrected chi connectivity index (χ4v) is 6.69. The molecular weight excluding hydrogens is 629 g/mol. The van der Waals surface area contributed by atoms with Gasteiger partial charge >= 0.3 is 11.9 Å². The molecule has 0 aliphatic rings. The van der Waals surface area contributed by atoms with Gasteiger partial charge in [-0.2, -0.15) is 0 Å². The van der Waals surface area contributed by atoms with Gasteiger partial charge in [0.25, 0.3) is 0 Å². The summed E-state index contributed by atoms with van der Waals surface area (Å²) in [6.07, 6.45) is 51.8. The summed E-state index contributed by atoms with van der Waals surface area (Å²) in [6.45, 7) is 6.99. The number of hydrogen-bond donors (Lipinski definition) is 0. The highest BCUT2D eigenvalue weighted by Crippen LogP contribution is 2.16. The number of esters is 2. The highest BCUT2D eigenvalue weighted by molar-refractivity contribution is 5.70. The Hall–Kier alpha value is -1.58. The summed E-state index contributed by atoms with van der Waals surface area (Å²) >= 11 is 0. The van der Waals surface area contributed by atoms with Crippen LogP contribution in [0.15, 0.2) is 24.3 Å². The molecule has 0 spiro atoms. The molecule has 0 saturated carbocycles. The molecule has 0 aromatic carbocycles. The van der Waals surface area contributed by atoms with Crippen molar-refractivity contribution < 1.29 is 19.1 Å². The van der Waals surface area contributed by atoms with E-state index in [4.69, 9.17) is 9.47 Å². The maximum absolute atomic E-state index is 12.7. The normalized spacial score (nSPS) is 12.3. The van der Waals surface area contributed by atoms with Crippen LogP contribution in [-0.2, 0) is 19.1 Å². The Bertz CT molecular complexity index is 772. The largest absolute Gasteiger partial charge is 0.462 e. The second kappa shape index (κ2) is 42.8. The number of rotatable bonds is 41. The fourth-order valence-electron chi connectivity index (χ4n) is 6.69. The number of carbonyl (C=O) groups excluding carboxylic acids is 2. The van der Waals surface area contributed by atoms with Crippen LogP contribution >= 0.6 is 0 Å². The first-order valence-electron chi connectivity index (χ1n) is 22.8. The maximum Gasteiger partial charge on any atom is 0.306 e. The van der Waals surface area contributed by atoms with Gasteiger partial charge < -0.3 is 9.47 Å². The molecule has 4 heteroatoms. The van der Waals surface area contributed by atoms with Crippen LogP contribution in [0.5, 0.6) is 0 Å². The molecule has 0 radical (unpaired) electrons. The van der Waals surface area contributed by atoms with Crippen molar-refractivity contribution in [2.75, 3.05) is 6.61 Å². The predicted molar refractivity (Wildman–Crippen MR) is 222 cm³/mol. The standard InChI is InChI=1S/C47H88O4/c1-4-7-10-13-16-18-20-22-24-26-28-30-33-36-39-42-46(48)50-44-45(41-38-35-32-15-12-9-6-3)51-47(49)43-40-37-34-31-29-27-25-23-21-19-17-14-11-8-5-2/h22-25,45H,4-21,26-44H2,1-3H3/b24-22-,25-23-. The zero-order valence-electron chi connectivity index (χ0n) is 34.7. The molecule has 0 bridgehead atoms. The third kappa shape index (κ3) is 41.0. The van der Waals surface area contributed by atoms with Crippen molar-refractivity contribution in [2.24, 2.45) is 0 Å². The van der Waals surface area contributed by atoms with Crippen LogP contribution in [-0.4, -0.2) is 24.6 Å². The lowest BCUT2D eigenvalue weighted by Crippen LogP contribution is -2.25. The highest BCUT2D eigenvalue weighted by Gasteiger charge is 2.17. The molecule has 300 valence electrons. The van der Waals surface area contributed by atoms with Gasteiger partial charge in [0, 0.05) is 12.8 Å². The Morgan fingerprint density at radius 2 is 0.706 bits per heavy atom. The molecule has 0 aliphatic carbocycles. The van der Waals surface area contributed by atoms with Crippen molar-refractivity contribution in [1.29, 1.82) is 0 Å². The van der Waals surface area contributed by atoms with E-state index < -0.39 is 0 Å². The molecule has 51 heavy (non-hydrogen) atoms. The topological polar surface area (TPSA) is 52.6 Å². The first kappa shape index (κ1) is 49.4. The molecule has 0 aromatic rings. The maximum atomic E-state index is 12.7. The third-order valence-corrected chi connectivity index (χ3v) is 10.1. The van der Waals surface area contributed by atoms with Gasteiger partial charge in [0.05, 0.1) is 0 Å². The quantitative estimate of drug-likeness (QED) is 0.0359. The molecular formula is C47H88O4. The summed E-state index contributed by atoms with van der Waals surface area (Å²) < 4.78 is 11.5. The van der Waals surface area contributed by atoms with Gasteiger partial charge in [-0.05, 0) is 77.0 Å². The van der Waals surface area contributed by atoms with E-state index in [1.54, 1.807) is 0 Å². The van der Waals surface area contributed by atoms with E-state index in [0.29, 0.717) is 12.8 Å². The van der Waals surface area contributed by atoms with E-state index in [1.165, 1.54) is 173 Å². The SMILES string of the molecule is CCCCCCCC/C=C\CCCCCCCC(=O)OCC(CCCCCCCCC)OC(=O)CCCCCCC/C=C\CCCCCCCC. The van der Waals surface area contributed by atoms with Crippen molar-refractivity contribution in [1.82, 2.24) is 0 Å². The zero-order chi connectivity index (χ0) is 37.1. The van der Waals surface area contributed by atoms with E-state index >= 15 is 0 Å². The average Bonchev–Trinajstić information content (AvgIpc) is 3.13. The van der Waals surface area contributed by atoms with Crippen LogP contribution in [0.4, 0.5) is 0 Å². The van der Waals surface area contributed by atoms with Gasteiger partial charge in [0.1, 0.15) is 12.7 Å². The van der Waals surface area contributed by atoms with Gasteiger partial charge in [0.2, 0.25) is 0 Å². The number of ether oxygens (including phenoxy) is 2. The molecule has 0 aromatic heterocycles. The molecule has 0 heterocycles. The molecule has 0 N–H and O–H groups in total. The molecule has 0 aliphatic heterocycles. The lowest BCUT2D eigenvalue weighted by Gasteiger charge is -2.18. The third-order valence-electron chi connectivity index (χ3n) is 10.1. The minimum atomic E-state index is -0.311. The Morgan fingerprint density at radius 3 is 1.10 bits per heavy atom. The van der Waals surface area contributed by atoms with E-state index in [9.17, 15) is 9.59 Å². The summed E-state index contributed by atoms with van der Waals surface area (Å²) in [7, 11) is 0. The minimum absolute atomic E-state index is 0.131. The minimum Gasteiger partial charge on any atom is -0.462 e. The van der Waals surface area contributed by atoms with Crippen molar-refractivity contribution >= 4 is 11.9 Å². The summed E-state index contributed by atoms with van der Waals surface area (Å²) in [5.74, 6) is -0.278. The molecule has 0 rings (SSSR count). The number of hydrogen-bond acceptors (Lipinski definition) is 4. The monoisotopic (exact) mass is 717 g/mol. The van der Waals surface area contributed by atoms with Crippen molar-refractivity contribution in [2.45, 2.75) is 258 Å². The molecule has 1 unspecified atom stereocenters. The van der Waals surface area contributed by atoms with Gasteiger partial charge in [-0.1, -0.05) is 186 Å². The van der Waals surface area contributed by atoms with Crippen LogP contribution in [0.1, 0.15) is 252 Å². The predicted octanol–water partition coefficient (Wildman–Crippen LogP) is 15.7. The van der Waals surface area contributed by atoms with Gasteiger partial charge in [-0.25, -0.2) is 0 Å². The lowest BCUT2D eigenvalue weighted by molar-refractivity contribution is -0.159. The molecule has 0 fully saturated rings. The van der Waals surface area contributed by atoms with Gasteiger partial charge in [0.15, 0.2) is 0 Å². The number of carbonyl (C=O) groups is 2. The van der Waals surface area contributed by atoms with Crippen LogP contribution in [0.3, 0.4) is 0 Å². The first-order valence-corrected chi connectivity index (χ1v) is 22.8. The van der Waals surface area contributed by atoms with E-state index in [0.717, 1.165) is 44.9 Å². The summed E-state index contributed by atoms with van der Waals surface area (Å²) in [6, 6.07) is 0. The van der Waals surface area contributed by atoms with Crippen molar-refractivity contribution in [3.8, 4) is 0 Å². The Balaban J connectivity index is 4.08. The second-order valence-corrected chi connectivity index (χ2v) is 15.4. The summed E-state index contributed by atoms with van der Waals surface area (Å²) in [5, 5.41) is 0. The zero-order valence-corrected chi connectivity index (χ0v) is 34.7. The van der Waals surface area contributed by atoms with E-state index in [2.05, 4.69) is 45.1 Å². The van der Waals surface area contributed by atoms with E-state index in [1.807, 2.05) is 0 Å². The number of unbranched alkanes of at least 4 members (excludes halogenated alkanes) is 28. The molecule has 1 atom stereocenters. The second-order valence-electron chi connectivity index (χ2n) is 15.4. The fraction of sp³-hybridized carbons (Fsp3) is 0.872. The van der Waals surface area contributed by atoms with Crippen LogP contribution in [0, 0.1) is 0 Å². The van der Waals surface area contributed by atoms with Crippen LogP contribution in [0.25, 0.3) is 0 Å². The lowest BCUT2D eigenvalue weighted by atomic mass is 10.1.